The van der Waals surface area contributed by atoms with Crippen LogP contribution in [0.4, 0.5) is 0 Å². The minimum Gasteiger partial charge on any atom is -0.449 e. The van der Waals surface area contributed by atoms with Gasteiger partial charge in [-0.2, -0.15) is 0 Å². The summed E-state index contributed by atoms with van der Waals surface area (Å²) in [7, 11) is 0. The van der Waals surface area contributed by atoms with E-state index in [9.17, 15) is 9.59 Å². The van der Waals surface area contributed by atoms with Crippen molar-refractivity contribution in [2.45, 2.75) is 44.8 Å². The van der Waals surface area contributed by atoms with E-state index in [2.05, 4.69) is 27.9 Å². The number of hydrogen-bond donors (Lipinski definition) is 1. The van der Waals surface area contributed by atoms with Crippen LogP contribution in [-0.4, -0.2) is 24.0 Å². The van der Waals surface area contributed by atoms with Crippen molar-refractivity contribution < 1.29 is 14.3 Å². The van der Waals surface area contributed by atoms with Crippen LogP contribution in [0.2, 0.25) is 0 Å². The maximum Gasteiger partial charge on any atom is 0.339 e. The molecule has 1 atom stereocenters. The van der Waals surface area contributed by atoms with Crippen molar-refractivity contribution in [3.05, 3.63) is 33.4 Å². The van der Waals surface area contributed by atoms with Crippen LogP contribution in [0, 0.1) is 3.57 Å². The molecular weight excluding hydrogens is 369 g/mol. The number of rotatable bonds is 4. The van der Waals surface area contributed by atoms with Crippen molar-refractivity contribution in [1.82, 2.24) is 5.32 Å². The zero-order valence-electron chi connectivity index (χ0n) is 11.4. The van der Waals surface area contributed by atoms with Crippen molar-refractivity contribution in [2.24, 2.45) is 0 Å². The summed E-state index contributed by atoms with van der Waals surface area (Å²) in [6, 6.07) is 7.41. The van der Waals surface area contributed by atoms with Gasteiger partial charge in [-0.05, 0) is 54.5 Å². The third-order valence-corrected chi connectivity index (χ3v) is 4.39. The highest BCUT2D eigenvalue weighted by Crippen LogP contribution is 2.18. The number of carbonyl (C=O) groups is 2. The third kappa shape index (κ3) is 3.94. The number of halogens is 1. The van der Waals surface area contributed by atoms with Crippen LogP contribution in [0.15, 0.2) is 24.3 Å². The second kappa shape index (κ2) is 7.06. The Kier molecular flexibility index (Phi) is 5.39. The standard InChI is InChI=1S/C15H18INO3/c1-10(14(18)17-11-6-2-3-7-11)20-15(19)12-8-4-5-9-13(12)16/h4-5,8-11H,2-3,6-7H2,1H3,(H,17,18)/t10-/m1/s1. The molecule has 4 nitrogen and oxygen atoms in total. The molecule has 5 heteroatoms. The van der Waals surface area contributed by atoms with Gasteiger partial charge < -0.3 is 10.1 Å². The SMILES string of the molecule is C[C@@H](OC(=O)c1ccccc1I)C(=O)NC1CCCC1. The number of ether oxygens (including phenoxy) is 1. The summed E-state index contributed by atoms with van der Waals surface area (Å²) in [6.45, 7) is 1.61. The Hall–Kier alpha value is -1.11. The second-order valence-electron chi connectivity index (χ2n) is 5.02. The topological polar surface area (TPSA) is 55.4 Å². The van der Waals surface area contributed by atoms with Gasteiger partial charge in [0, 0.05) is 9.61 Å². The van der Waals surface area contributed by atoms with Crippen LogP contribution in [0.1, 0.15) is 43.0 Å². The van der Waals surface area contributed by atoms with E-state index in [0.717, 1.165) is 29.3 Å². The lowest BCUT2D eigenvalue weighted by Gasteiger charge is -2.17. The van der Waals surface area contributed by atoms with Crippen molar-refractivity contribution in [2.75, 3.05) is 0 Å². The summed E-state index contributed by atoms with van der Waals surface area (Å²) in [5, 5.41) is 2.93. The molecule has 0 unspecified atom stereocenters. The van der Waals surface area contributed by atoms with Gasteiger partial charge in [-0.15, -0.1) is 0 Å². The maximum absolute atomic E-state index is 12.0. The molecule has 2 rings (SSSR count). The van der Waals surface area contributed by atoms with Crippen LogP contribution in [0.3, 0.4) is 0 Å². The molecular formula is C15H18INO3. The minimum atomic E-state index is -0.765. The highest BCUT2D eigenvalue weighted by Gasteiger charge is 2.23. The number of hydrogen-bond acceptors (Lipinski definition) is 3. The van der Waals surface area contributed by atoms with Crippen molar-refractivity contribution >= 4 is 34.5 Å². The Bertz CT molecular complexity index is 498. The fourth-order valence-corrected chi connectivity index (χ4v) is 2.90. The number of amides is 1. The average molecular weight is 387 g/mol. The predicted molar refractivity (Wildman–Crippen MR) is 84.4 cm³/mol. The molecule has 20 heavy (non-hydrogen) atoms. The fourth-order valence-electron chi connectivity index (χ4n) is 2.29. The van der Waals surface area contributed by atoms with E-state index in [0.29, 0.717) is 5.56 Å². The van der Waals surface area contributed by atoms with Gasteiger partial charge in [0.2, 0.25) is 0 Å². The molecule has 0 saturated heterocycles. The molecule has 1 N–H and O–H groups in total. The molecule has 0 aromatic heterocycles. The van der Waals surface area contributed by atoms with Gasteiger partial charge in [0.05, 0.1) is 5.56 Å². The van der Waals surface area contributed by atoms with E-state index in [1.807, 2.05) is 12.1 Å². The quantitative estimate of drug-likeness (QED) is 0.639. The van der Waals surface area contributed by atoms with E-state index in [1.54, 1.807) is 19.1 Å². The summed E-state index contributed by atoms with van der Waals surface area (Å²) >= 11 is 2.08. The van der Waals surface area contributed by atoms with Gasteiger partial charge in [-0.1, -0.05) is 25.0 Å². The van der Waals surface area contributed by atoms with Crippen LogP contribution in [0.5, 0.6) is 0 Å². The molecule has 1 aliphatic rings. The Labute approximate surface area is 132 Å². The Morgan fingerprint density at radius 3 is 2.60 bits per heavy atom. The highest BCUT2D eigenvalue weighted by atomic mass is 127. The van der Waals surface area contributed by atoms with E-state index in [1.165, 1.54) is 0 Å². The molecule has 0 heterocycles. The lowest BCUT2D eigenvalue weighted by molar-refractivity contribution is -0.129. The zero-order valence-corrected chi connectivity index (χ0v) is 13.6. The summed E-state index contributed by atoms with van der Waals surface area (Å²) in [5.74, 6) is -0.666. The van der Waals surface area contributed by atoms with Gasteiger partial charge in [-0.3, -0.25) is 4.79 Å². The van der Waals surface area contributed by atoms with Gasteiger partial charge in [0.25, 0.3) is 5.91 Å². The zero-order chi connectivity index (χ0) is 14.5. The van der Waals surface area contributed by atoms with Crippen molar-refractivity contribution in [3.63, 3.8) is 0 Å². The van der Waals surface area contributed by atoms with E-state index in [-0.39, 0.29) is 11.9 Å². The smallest absolute Gasteiger partial charge is 0.339 e. The van der Waals surface area contributed by atoms with Gasteiger partial charge in [0.1, 0.15) is 0 Å². The molecule has 1 aliphatic carbocycles. The predicted octanol–water partition coefficient (Wildman–Crippen LogP) is 2.90. The number of carbonyl (C=O) groups excluding carboxylic acids is 2. The van der Waals surface area contributed by atoms with Gasteiger partial charge in [-0.25, -0.2) is 4.79 Å². The van der Waals surface area contributed by atoms with Crippen molar-refractivity contribution in [1.29, 1.82) is 0 Å². The largest absolute Gasteiger partial charge is 0.449 e. The molecule has 1 aromatic rings. The molecule has 1 saturated carbocycles. The monoisotopic (exact) mass is 387 g/mol. The first-order valence-corrected chi connectivity index (χ1v) is 7.91. The molecule has 0 spiro atoms. The van der Waals surface area contributed by atoms with Crippen molar-refractivity contribution in [3.8, 4) is 0 Å². The average Bonchev–Trinajstić information content (AvgIpc) is 2.91. The normalized spacial score (nSPS) is 16.7. The van der Waals surface area contributed by atoms with Crippen LogP contribution in [-0.2, 0) is 9.53 Å². The Morgan fingerprint density at radius 2 is 1.95 bits per heavy atom. The summed E-state index contributed by atoms with van der Waals surface area (Å²) < 4.78 is 6.05. The molecule has 1 amide bonds. The van der Waals surface area contributed by atoms with Crippen LogP contribution in [0.25, 0.3) is 0 Å². The number of nitrogens with one attached hydrogen (secondary N) is 1. The molecule has 108 valence electrons. The fraction of sp³-hybridized carbons (Fsp3) is 0.467. The van der Waals surface area contributed by atoms with Gasteiger partial charge in [0.15, 0.2) is 6.10 Å². The van der Waals surface area contributed by atoms with Gasteiger partial charge >= 0.3 is 5.97 Å². The van der Waals surface area contributed by atoms with Crippen LogP contribution >= 0.6 is 22.6 Å². The Morgan fingerprint density at radius 1 is 1.30 bits per heavy atom. The summed E-state index contributed by atoms with van der Waals surface area (Å²) in [5.41, 5.74) is 0.494. The molecule has 1 aromatic carbocycles. The summed E-state index contributed by atoms with van der Waals surface area (Å²) in [4.78, 5) is 24.0. The third-order valence-electron chi connectivity index (χ3n) is 3.45. The summed E-state index contributed by atoms with van der Waals surface area (Å²) in [6.07, 6.45) is 3.58. The molecule has 0 radical (unpaired) electrons. The van der Waals surface area contributed by atoms with E-state index < -0.39 is 12.1 Å². The van der Waals surface area contributed by atoms with E-state index >= 15 is 0 Å². The molecule has 0 bridgehead atoms. The van der Waals surface area contributed by atoms with Crippen LogP contribution < -0.4 is 5.32 Å². The second-order valence-corrected chi connectivity index (χ2v) is 6.18. The first kappa shape index (κ1) is 15.3. The minimum absolute atomic E-state index is 0.212. The lowest BCUT2D eigenvalue weighted by Crippen LogP contribution is -2.40. The highest BCUT2D eigenvalue weighted by molar-refractivity contribution is 14.1. The van der Waals surface area contributed by atoms with E-state index in [4.69, 9.17) is 4.74 Å². The first-order chi connectivity index (χ1) is 9.58. The molecule has 0 aliphatic heterocycles. The lowest BCUT2D eigenvalue weighted by atomic mass is 10.2. The molecule has 1 fully saturated rings. The first-order valence-electron chi connectivity index (χ1n) is 6.84. The number of esters is 1. The number of benzene rings is 1. The Balaban J connectivity index is 1.90. The maximum atomic E-state index is 12.0.